The molecular formula is C18H14Cl4N4O2. The summed E-state index contributed by atoms with van der Waals surface area (Å²) in [6, 6.07) is 7.96. The van der Waals surface area contributed by atoms with Crippen molar-refractivity contribution in [3.05, 3.63) is 56.0 Å². The molecule has 1 aromatic heterocycles. The zero-order chi connectivity index (χ0) is 20.6. The molecule has 3 aromatic rings. The lowest BCUT2D eigenvalue weighted by Gasteiger charge is -2.10. The average Bonchev–Trinajstić information content (AvgIpc) is 2.85. The van der Waals surface area contributed by atoms with Crippen molar-refractivity contribution in [1.29, 1.82) is 0 Å². The van der Waals surface area contributed by atoms with Crippen molar-refractivity contribution < 1.29 is 9.90 Å². The number of benzene rings is 2. The summed E-state index contributed by atoms with van der Waals surface area (Å²) in [6.45, 7) is 3.08. The number of aromatic nitrogens is 2. The van der Waals surface area contributed by atoms with Gasteiger partial charge in [0.05, 0.1) is 26.3 Å². The predicted octanol–water partition coefficient (Wildman–Crippen LogP) is 6.20. The van der Waals surface area contributed by atoms with Crippen LogP contribution in [0.3, 0.4) is 0 Å². The van der Waals surface area contributed by atoms with E-state index in [0.717, 1.165) is 0 Å². The standard InChI is InChI=1S/C18H14Cl4N4O2/c1-8-17(24-15-7-11(23-9(2)27)3-4-12(15)20)25-26(18(8)28)16-13(21)5-10(19)6-14(16)22/h3-7,28H,1-2H3,(H,23,27)(H,24,25). The fourth-order valence-electron chi connectivity index (χ4n) is 2.53. The molecule has 0 aliphatic heterocycles. The summed E-state index contributed by atoms with van der Waals surface area (Å²) in [5.74, 6) is -0.0254. The predicted molar refractivity (Wildman–Crippen MR) is 114 cm³/mol. The number of carbonyl (C=O) groups excluding carboxylic acids is 1. The zero-order valence-electron chi connectivity index (χ0n) is 14.6. The molecular weight excluding hydrogens is 446 g/mol. The molecule has 0 aliphatic rings. The van der Waals surface area contributed by atoms with Gasteiger partial charge in [0.25, 0.3) is 0 Å². The Hall–Kier alpha value is -2.12. The lowest BCUT2D eigenvalue weighted by atomic mass is 10.2. The molecule has 0 saturated heterocycles. The van der Waals surface area contributed by atoms with Gasteiger partial charge in [0.2, 0.25) is 11.8 Å². The highest BCUT2D eigenvalue weighted by molar-refractivity contribution is 6.40. The third kappa shape index (κ3) is 4.15. The third-order valence-electron chi connectivity index (χ3n) is 3.82. The first-order chi connectivity index (χ1) is 13.2. The molecule has 0 atom stereocenters. The molecule has 0 saturated carbocycles. The summed E-state index contributed by atoms with van der Waals surface area (Å²) in [4.78, 5) is 11.3. The lowest BCUT2D eigenvalue weighted by molar-refractivity contribution is -0.114. The highest BCUT2D eigenvalue weighted by atomic mass is 35.5. The number of hydrogen-bond donors (Lipinski definition) is 3. The molecule has 2 aromatic carbocycles. The highest BCUT2D eigenvalue weighted by Gasteiger charge is 2.20. The van der Waals surface area contributed by atoms with Crippen LogP contribution in [-0.2, 0) is 4.79 Å². The normalized spacial score (nSPS) is 10.8. The van der Waals surface area contributed by atoms with E-state index in [-0.39, 0.29) is 21.8 Å². The van der Waals surface area contributed by atoms with E-state index < -0.39 is 0 Å². The van der Waals surface area contributed by atoms with Crippen molar-refractivity contribution in [1.82, 2.24) is 9.78 Å². The van der Waals surface area contributed by atoms with E-state index in [2.05, 4.69) is 15.7 Å². The number of hydrogen-bond acceptors (Lipinski definition) is 4. The molecule has 1 amide bonds. The monoisotopic (exact) mass is 458 g/mol. The summed E-state index contributed by atoms with van der Waals surface area (Å²) >= 11 is 24.7. The number of nitrogens with one attached hydrogen (secondary N) is 2. The van der Waals surface area contributed by atoms with Gasteiger partial charge in [-0.3, -0.25) is 4.79 Å². The number of carbonyl (C=O) groups is 1. The third-order valence-corrected chi connectivity index (χ3v) is 4.95. The van der Waals surface area contributed by atoms with E-state index >= 15 is 0 Å². The van der Waals surface area contributed by atoms with Gasteiger partial charge in [-0.1, -0.05) is 46.4 Å². The molecule has 0 spiro atoms. The lowest BCUT2D eigenvalue weighted by Crippen LogP contribution is -2.06. The van der Waals surface area contributed by atoms with Gasteiger partial charge in [-0.15, -0.1) is 5.10 Å². The molecule has 0 radical (unpaired) electrons. The van der Waals surface area contributed by atoms with Crippen LogP contribution >= 0.6 is 46.4 Å². The van der Waals surface area contributed by atoms with Crippen molar-refractivity contribution in [2.45, 2.75) is 13.8 Å². The fourth-order valence-corrected chi connectivity index (χ4v) is 3.67. The quantitative estimate of drug-likeness (QED) is 0.433. The molecule has 0 bridgehead atoms. The number of aromatic hydroxyl groups is 1. The molecule has 146 valence electrons. The van der Waals surface area contributed by atoms with Crippen LogP contribution in [0, 0.1) is 6.92 Å². The molecule has 10 heteroatoms. The smallest absolute Gasteiger partial charge is 0.221 e. The van der Waals surface area contributed by atoms with Gasteiger partial charge < -0.3 is 15.7 Å². The van der Waals surface area contributed by atoms with Crippen LogP contribution in [0.5, 0.6) is 5.88 Å². The van der Waals surface area contributed by atoms with Crippen LogP contribution in [0.2, 0.25) is 20.1 Å². The maximum absolute atomic E-state index is 11.3. The first kappa shape index (κ1) is 20.6. The van der Waals surface area contributed by atoms with Gasteiger partial charge in [0.1, 0.15) is 5.69 Å². The van der Waals surface area contributed by atoms with Crippen molar-refractivity contribution in [2.75, 3.05) is 10.6 Å². The van der Waals surface area contributed by atoms with Crippen LogP contribution in [0.4, 0.5) is 17.2 Å². The van der Waals surface area contributed by atoms with E-state index in [1.165, 1.54) is 23.7 Å². The SMILES string of the molecule is CC(=O)Nc1ccc(Cl)c(Nc2nn(-c3c(Cl)cc(Cl)cc3Cl)c(O)c2C)c1. The van der Waals surface area contributed by atoms with Gasteiger partial charge in [-0.2, -0.15) is 4.68 Å². The Kier molecular flexibility index (Phi) is 5.95. The Morgan fingerprint density at radius 3 is 2.32 bits per heavy atom. The summed E-state index contributed by atoms with van der Waals surface area (Å²) in [5, 5.41) is 21.8. The molecule has 0 aliphatic carbocycles. The molecule has 3 rings (SSSR count). The molecule has 1 heterocycles. The summed E-state index contributed by atoms with van der Waals surface area (Å²) < 4.78 is 1.21. The minimum absolute atomic E-state index is 0.150. The zero-order valence-corrected chi connectivity index (χ0v) is 17.7. The molecule has 28 heavy (non-hydrogen) atoms. The number of halogens is 4. The first-order valence-electron chi connectivity index (χ1n) is 7.95. The van der Waals surface area contributed by atoms with Gasteiger partial charge in [-0.05, 0) is 37.3 Å². The fraction of sp³-hybridized carbons (Fsp3) is 0.111. The summed E-state index contributed by atoms with van der Waals surface area (Å²) in [5.41, 5.74) is 1.79. The Morgan fingerprint density at radius 1 is 1.07 bits per heavy atom. The Bertz CT molecular complexity index is 1060. The Morgan fingerprint density at radius 2 is 1.71 bits per heavy atom. The maximum Gasteiger partial charge on any atom is 0.221 e. The molecule has 3 N–H and O–H groups in total. The van der Waals surface area contributed by atoms with E-state index in [1.807, 2.05) is 0 Å². The summed E-state index contributed by atoms with van der Waals surface area (Å²) in [7, 11) is 0. The van der Waals surface area contributed by atoms with Crippen LogP contribution in [0.1, 0.15) is 12.5 Å². The minimum Gasteiger partial charge on any atom is -0.493 e. The maximum atomic E-state index is 11.3. The minimum atomic E-state index is -0.210. The number of anilines is 3. The van der Waals surface area contributed by atoms with E-state index in [4.69, 9.17) is 46.4 Å². The average molecular weight is 460 g/mol. The topological polar surface area (TPSA) is 79.2 Å². The molecule has 6 nitrogen and oxygen atoms in total. The van der Waals surface area contributed by atoms with Crippen LogP contribution in [0.25, 0.3) is 5.69 Å². The van der Waals surface area contributed by atoms with Crippen molar-refractivity contribution in [2.24, 2.45) is 0 Å². The molecule has 0 unspecified atom stereocenters. The number of rotatable bonds is 4. The second-order valence-corrected chi connectivity index (χ2v) is 7.59. The van der Waals surface area contributed by atoms with Gasteiger partial charge >= 0.3 is 0 Å². The highest BCUT2D eigenvalue weighted by Crippen LogP contribution is 2.38. The van der Waals surface area contributed by atoms with E-state index in [9.17, 15) is 9.90 Å². The first-order valence-corrected chi connectivity index (χ1v) is 9.46. The van der Waals surface area contributed by atoms with Gasteiger partial charge in [0, 0.05) is 17.6 Å². The largest absolute Gasteiger partial charge is 0.493 e. The van der Waals surface area contributed by atoms with Crippen LogP contribution in [-0.4, -0.2) is 20.8 Å². The molecule has 0 fully saturated rings. The second-order valence-electron chi connectivity index (χ2n) is 5.93. The van der Waals surface area contributed by atoms with Crippen LogP contribution in [0.15, 0.2) is 30.3 Å². The van der Waals surface area contributed by atoms with Crippen molar-refractivity contribution in [3.63, 3.8) is 0 Å². The van der Waals surface area contributed by atoms with Crippen LogP contribution < -0.4 is 10.6 Å². The second kappa shape index (κ2) is 8.09. The Balaban J connectivity index is 2.03. The van der Waals surface area contributed by atoms with Crippen molar-refractivity contribution in [3.8, 4) is 11.6 Å². The van der Waals surface area contributed by atoms with E-state index in [0.29, 0.717) is 38.5 Å². The van der Waals surface area contributed by atoms with Crippen molar-refractivity contribution >= 4 is 69.5 Å². The Labute approximate surface area is 181 Å². The number of amides is 1. The summed E-state index contributed by atoms with van der Waals surface area (Å²) in [6.07, 6.45) is 0. The number of nitrogens with zero attached hydrogens (tertiary/aromatic N) is 2. The van der Waals surface area contributed by atoms with Gasteiger partial charge in [0.15, 0.2) is 5.82 Å². The van der Waals surface area contributed by atoms with E-state index in [1.54, 1.807) is 25.1 Å². The van der Waals surface area contributed by atoms with Gasteiger partial charge in [-0.25, -0.2) is 0 Å².